The largest absolute Gasteiger partial charge is 0.326 e. The Bertz CT molecular complexity index is 1330. The number of pyridine rings is 1. The lowest BCUT2D eigenvalue weighted by Gasteiger charge is -2.13. The molecule has 1 heterocycles. The first-order chi connectivity index (χ1) is 15.4. The quantitative estimate of drug-likeness (QED) is 0.446. The lowest BCUT2D eigenvalue weighted by atomic mass is 9.99. The maximum atomic E-state index is 13.3. The number of anilines is 2. The molecule has 32 heavy (non-hydrogen) atoms. The summed E-state index contributed by atoms with van der Waals surface area (Å²) in [5.41, 5.74) is 4.87. The van der Waals surface area contributed by atoms with Crippen LogP contribution < -0.4 is 10.6 Å². The van der Waals surface area contributed by atoms with E-state index < -0.39 is 11.7 Å². The van der Waals surface area contributed by atoms with Crippen LogP contribution in [0.25, 0.3) is 10.9 Å². The van der Waals surface area contributed by atoms with E-state index in [-0.39, 0.29) is 12.3 Å². The predicted octanol–water partition coefficient (Wildman–Crippen LogP) is 5.42. The van der Waals surface area contributed by atoms with Crippen molar-refractivity contribution in [2.75, 3.05) is 10.6 Å². The van der Waals surface area contributed by atoms with Crippen molar-refractivity contribution >= 4 is 34.1 Å². The average molecular weight is 427 g/mol. The van der Waals surface area contributed by atoms with Crippen molar-refractivity contribution in [3.63, 3.8) is 0 Å². The van der Waals surface area contributed by atoms with Gasteiger partial charge in [0, 0.05) is 28.0 Å². The number of fused-ring (bicyclic) bond motifs is 1. The maximum absolute atomic E-state index is 13.3. The molecule has 2 amide bonds. The summed E-state index contributed by atoms with van der Waals surface area (Å²) in [7, 11) is 0. The number of benzene rings is 3. The van der Waals surface area contributed by atoms with Crippen molar-refractivity contribution in [1.82, 2.24) is 4.98 Å². The van der Waals surface area contributed by atoms with E-state index in [9.17, 15) is 14.0 Å². The van der Waals surface area contributed by atoms with E-state index in [1.54, 1.807) is 30.3 Å². The fourth-order valence-electron chi connectivity index (χ4n) is 3.70. The molecule has 160 valence electrons. The highest BCUT2D eigenvalue weighted by molar-refractivity contribution is 6.05. The van der Waals surface area contributed by atoms with Crippen LogP contribution in [0.3, 0.4) is 0 Å². The summed E-state index contributed by atoms with van der Waals surface area (Å²) in [4.78, 5) is 29.9. The molecular weight excluding hydrogens is 405 g/mol. The number of aryl methyl sites for hydroxylation is 2. The van der Waals surface area contributed by atoms with Gasteiger partial charge in [-0.3, -0.25) is 14.6 Å². The van der Waals surface area contributed by atoms with Crippen LogP contribution in [0.1, 0.15) is 27.2 Å². The molecule has 0 fully saturated rings. The number of para-hydroxylation sites is 1. The monoisotopic (exact) mass is 427 g/mol. The molecular formula is C26H22FN3O2. The van der Waals surface area contributed by atoms with E-state index in [1.165, 1.54) is 18.2 Å². The second-order valence-electron chi connectivity index (χ2n) is 7.59. The van der Waals surface area contributed by atoms with Gasteiger partial charge in [0.05, 0.1) is 11.9 Å². The minimum atomic E-state index is -0.433. The number of nitrogens with zero attached hydrogens (tertiary/aromatic N) is 1. The standard InChI is InChI=1S/C26H22FN3O2/c1-16-22-11-3-4-12-24(22)28-17(2)23(16)15-25(31)29-20-9-5-7-18(13-20)26(32)30-21-10-6-8-19(27)14-21/h3-14H,15H2,1-2H3,(H,29,31)(H,30,32). The molecule has 0 aliphatic heterocycles. The molecule has 4 aromatic rings. The fourth-order valence-corrected chi connectivity index (χ4v) is 3.70. The van der Waals surface area contributed by atoms with Gasteiger partial charge in [-0.25, -0.2) is 4.39 Å². The Balaban J connectivity index is 1.49. The molecule has 0 atom stereocenters. The van der Waals surface area contributed by atoms with Gasteiger partial charge < -0.3 is 10.6 Å². The molecule has 1 aromatic heterocycles. The Morgan fingerprint density at radius 2 is 1.59 bits per heavy atom. The third-order valence-corrected chi connectivity index (χ3v) is 5.31. The second kappa shape index (κ2) is 8.98. The normalized spacial score (nSPS) is 10.7. The number of hydrogen-bond donors (Lipinski definition) is 2. The highest BCUT2D eigenvalue weighted by Crippen LogP contribution is 2.23. The van der Waals surface area contributed by atoms with Crippen molar-refractivity contribution in [3.05, 3.63) is 101 Å². The Labute approximate surface area is 185 Å². The zero-order chi connectivity index (χ0) is 22.7. The number of halogens is 1. The van der Waals surface area contributed by atoms with Crippen LogP contribution in [0, 0.1) is 19.7 Å². The molecule has 0 saturated carbocycles. The van der Waals surface area contributed by atoms with Crippen LogP contribution in [0.2, 0.25) is 0 Å². The average Bonchev–Trinajstić information content (AvgIpc) is 2.77. The van der Waals surface area contributed by atoms with Gasteiger partial charge in [-0.15, -0.1) is 0 Å². The Kier molecular flexibility index (Phi) is 5.94. The van der Waals surface area contributed by atoms with Gasteiger partial charge in [0.25, 0.3) is 5.91 Å². The summed E-state index contributed by atoms with van der Waals surface area (Å²) in [6.45, 7) is 3.90. The first-order valence-corrected chi connectivity index (χ1v) is 10.2. The van der Waals surface area contributed by atoms with Gasteiger partial charge in [0.2, 0.25) is 5.91 Å². The number of nitrogens with one attached hydrogen (secondary N) is 2. The Morgan fingerprint density at radius 1 is 0.875 bits per heavy atom. The summed E-state index contributed by atoms with van der Waals surface area (Å²) in [5.74, 6) is -1.02. The van der Waals surface area contributed by atoms with E-state index in [2.05, 4.69) is 15.6 Å². The Hall–Kier alpha value is -4.06. The SMILES string of the molecule is Cc1nc2ccccc2c(C)c1CC(=O)Nc1cccc(C(=O)Nc2cccc(F)c2)c1. The van der Waals surface area contributed by atoms with Crippen molar-refractivity contribution in [2.24, 2.45) is 0 Å². The van der Waals surface area contributed by atoms with E-state index >= 15 is 0 Å². The van der Waals surface area contributed by atoms with Gasteiger partial charge in [-0.2, -0.15) is 0 Å². The number of rotatable bonds is 5. The summed E-state index contributed by atoms with van der Waals surface area (Å²) in [6.07, 6.45) is 0.176. The highest BCUT2D eigenvalue weighted by atomic mass is 19.1. The predicted molar refractivity (Wildman–Crippen MR) is 124 cm³/mol. The molecule has 4 rings (SSSR count). The van der Waals surface area contributed by atoms with Crippen LogP contribution in [0.15, 0.2) is 72.8 Å². The minimum absolute atomic E-state index is 0.176. The summed E-state index contributed by atoms with van der Waals surface area (Å²) in [6, 6.07) is 20.2. The highest BCUT2D eigenvalue weighted by Gasteiger charge is 2.14. The number of aromatic nitrogens is 1. The van der Waals surface area contributed by atoms with Crippen LogP contribution in [0.5, 0.6) is 0 Å². The van der Waals surface area contributed by atoms with Crippen molar-refractivity contribution < 1.29 is 14.0 Å². The third-order valence-electron chi connectivity index (χ3n) is 5.31. The number of amides is 2. The van der Waals surface area contributed by atoms with Gasteiger partial charge in [-0.1, -0.05) is 30.3 Å². The van der Waals surface area contributed by atoms with E-state index in [0.29, 0.717) is 16.9 Å². The van der Waals surface area contributed by atoms with Crippen LogP contribution in [-0.4, -0.2) is 16.8 Å². The molecule has 0 unspecified atom stereocenters. The molecule has 0 spiro atoms. The summed E-state index contributed by atoms with van der Waals surface area (Å²) >= 11 is 0. The van der Waals surface area contributed by atoms with Crippen molar-refractivity contribution in [3.8, 4) is 0 Å². The van der Waals surface area contributed by atoms with Crippen molar-refractivity contribution in [1.29, 1.82) is 0 Å². The molecule has 2 N–H and O–H groups in total. The zero-order valence-electron chi connectivity index (χ0n) is 17.8. The smallest absolute Gasteiger partial charge is 0.255 e. The van der Waals surface area contributed by atoms with Crippen LogP contribution in [0.4, 0.5) is 15.8 Å². The third kappa shape index (κ3) is 4.64. The van der Waals surface area contributed by atoms with E-state index in [4.69, 9.17) is 0 Å². The van der Waals surface area contributed by atoms with Crippen LogP contribution >= 0.6 is 0 Å². The number of carbonyl (C=O) groups excluding carboxylic acids is 2. The number of carbonyl (C=O) groups is 2. The van der Waals surface area contributed by atoms with Gasteiger partial charge in [-0.05, 0) is 67.4 Å². The van der Waals surface area contributed by atoms with Gasteiger partial charge in [0.1, 0.15) is 5.82 Å². The summed E-state index contributed by atoms with van der Waals surface area (Å²) in [5, 5.41) is 6.53. The first kappa shape index (κ1) is 21.2. The zero-order valence-corrected chi connectivity index (χ0v) is 17.8. The topological polar surface area (TPSA) is 71.1 Å². The molecule has 0 aliphatic rings. The van der Waals surface area contributed by atoms with Gasteiger partial charge >= 0.3 is 0 Å². The summed E-state index contributed by atoms with van der Waals surface area (Å²) < 4.78 is 13.3. The lowest BCUT2D eigenvalue weighted by molar-refractivity contribution is -0.115. The van der Waals surface area contributed by atoms with E-state index in [0.717, 1.165) is 27.7 Å². The van der Waals surface area contributed by atoms with E-state index in [1.807, 2.05) is 38.1 Å². The molecule has 3 aromatic carbocycles. The second-order valence-corrected chi connectivity index (χ2v) is 7.59. The fraction of sp³-hybridized carbons (Fsp3) is 0.115. The van der Waals surface area contributed by atoms with Crippen molar-refractivity contribution in [2.45, 2.75) is 20.3 Å². The maximum Gasteiger partial charge on any atom is 0.255 e. The molecule has 0 saturated heterocycles. The minimum Gasteiger partial charge on any atom is -0.326 e. The Morgan fingerprint density at radius 3 is 2.38 bits per heavy atom. The molecule has 6 heteroatoms. The molecule has 0 radical (unpaired) electrons. The lowest BCUT2D eigenvalue weighted by Crippen LogP contribution is -2.17. The van der Waals surface area contributed by atoms with Crippen LogP contribution in [-0.2, 0) is 11.2 Å². The first-order valence-electron chi connectivity index (χ1n) is 10.2. The number of hydrogen-bond acceptors (Lipinski definition) is 3. The van der Waals surface area contributed by atoms with Gasteiger partial charge in [0.15, 0.2) is 0 Å². The molecule has 0 bridgehead atoms. The molecule has 5 nitrogen and oxygen atoms in total. The molecule has 0 aliphatic carbocycles.